The Hall–Kier alpha value is -2.76. The van der Waals surface area contributed by atoms with Gasteiger partial charge in [-0.2, -0.15) is 0 Å². The maximum Gasteiger partial charge on any atom is 0.318 e. The summed E-state index contributed by atoms with van der Waals surface area (Å²) in [4.78, 5) is 21.9. The first-order valence-electron chi connectivity index (χ1n) is 10.6. The van der Waals surface area contributed by atoms with Gasteiger partial charge in [-0.1, -0.05) is 18.2 Å². The van der Waals surface area contributed by atoms with Crippen molar-refractivity contribution in [2.75, 3.05) is 25.1 Å². The summed E-state index contributed by atoms with van der Waals surface area (Å²) in [6, 6.07) is 12.3. The number of aromatic nitrogens is 1. The van der Waals surface area contributed by atoms with E-state index in [2.05, 4.69) is 21.3 Å². The van der Waals surface area contributed by atoms with Gasteiger partial charge >= 0.3 is 6.03 Å². The number of methoxy groups -OCH3 is 1. The standard InChI is InChI=1S/C23H30N4O2/c1-29-21-11-7-18(8-12-21)17-27(20-9-10-20)23(28)25-16-19-6-5-13-24-22(19)26-14-3-2-4-15-26/h5-8,11-13,20H,2-4,9-10,14-17H2,1H3,(H,25,28). The van der Waals surface area contributed by atoms with Gasteiger partial charge < -0.3 is 19.9 Å². The molecule has 1 saturated carbocycles. The zero-order valence-electron chi connectivity index (χ0n) is 17.1. The topological polar surface area (TPSA) is 57.7 Å². The molecule has 0 atom stereocenters. The molecule has 2 amide bonds. The largest absolute Gasteiger partial charge is 0.497 e. The maximum absolute atomic E-state index is 13.0. The molecular formula is C23H30N4O2. The number of hydrogen-bond donors (Lipinski definition) is 1. The van der Waals surface area contributed by atoms with E-state index in [-0.39, 0.29) is 6.03 Å². The lowest BCUT2D eigenvalue weighted by Crippen LogP contribution is -2.41. The number of hydrogen-bond acceptors (Lipinski definition) is 4. The first-order valence-corrected chi connectivity index (χ1v) is 10.6. The van der Waals surface area contributed by atoms with Crippen molar-refractivity contribution in [1.29, 1.82) is 0 Å². The van der Waals surface area contributed by atoms with E-state index in [9.17, 15) is 4.79 Å². The van der Waals surface area contributed by atoms with Crippen molar-refractivity contribution in [3.05, 3.63) is 53.7 Å². The number of piperidine rings is 1. The van der Waals surface area contributed by atoms with Crippen molar-refractivity contribution in [2.24, 2.45) is 0 Å². The molecule has 2 aliphatic rings. The van der Waals surface area contributed by atoms with Gasteiger partial charge in [-0.05, 0) is 55.9 Å². The van der Waals surface area contributed by atoms with Gasteiger partial charge in [0.25, 0.3) is 0 Å². The van der Waals surface area contributed by atoms with Crippen LogP contribution in [0.4, 0.5) is 10.6 Å². The van der Waals surface area contributed by atoms with Gasteiger partial charge in [0.1, 0.15) is 11.6 Å². The summed E-state index contributed by atoms with van der Waals surface area (Å²) in [6.45, 7) is 3.21. The molecule has 29 heavy (non-hydrogen) atoms. The zero-order chi connectivity index (χ0) is 20.1. The van der Waals surface area contributed by atoms with E-state index >= 15 is 0 Å². The molecule has 0 unspecified atom stereocenters. The van der Waals surface area contributed by atoms with Crippen LogP contribution in [0.1, 0.15) is 43.2 Å². The Bertz CT molecular complexity index is 814. The van der Waals surface area contributed by atoms with Gasteiger partial charge in [0.2, 0.25) is 0 Å². The number of nitrogens with zero attached hydrogens (tertiary/aromatic N) is 3. The van der Waals surface area contributed by atoms with Crippen LogP contribution in [0, 0.1) is 0 Å². The highest BCUT2D eigenvalue weighted by molar-refractivity contribution is 5.75. The number of carbonyl (C=O) groups is 1. The van der Waals surface area contributed by atoms with E-state index in [1.54, 1.807) is 7.11 Å². The Morgan fingerprint density at radius 1 is 1.17 bits per heavy atom. The van der Waals surface area contributed by atoms with Crippen molar-refractivity contribution >= 4 is 11.8 Å². The van der Waals surface area contributed by atoms with E-state index in [0.717, 1.165) is 48.6 Å². The summed E-state index contributed by atoms with van der Waals surface area (Å²) in [5.41, 5.74) is 2.20. The summed E-state index contributed by atoms with van der Waals surface area (Å²) in [7, 11) is 1.66. The first-order chi connectivity index (χ1) is 14.2. The highest BCUT2D eigenvalue weighted by Crippen LogP contribution is 2.29. The fourth-order valence-corrected chi connectivity index (χ4v) is 3.91. The number of anilines is 1. The van der Waals surface area contributed by atoms with Crippen molar-refractivity contribution < 1.29 is 9.53 Å². The summed E-state index contributed by atoms with van der Waals surface area (Å²) < 4.78 is 5.23. The first kappa shape index (κ1) is 19.6. The van der Waals surface area contributed by atoms with Gasteiger partial charge in [0, 0.05) is 44.0 Å². The number of nitrogens with one attached hydrogen (secondary N) is 1. The molecule has 2 aromatic rings. The molecule has 6 heteroatoms. The Balaban J connectivity index is 1.40. The molecular weight excluding hydrogens is 364 g/mol. The number of carbonyl (C=O) groups excluding carboxylic acids is 1. The SMILES string of the molecule is COc1ccc(CN(C(=O)NCc2cccnc2N2CCCCC2)C2CC2)cc1. The van der Waals surface area contributed by atoms with Crippen LogP contribution in [0.2, 0.25) is 0 Å². The summed E-state index contributed by atoms with van der Waals surface area (Å²) in [5, 5.41) is 3.14. The Morgan fingerprint density at radius 3 is 2.62 bits per heavy atom. The number of urea groups is 1. The number of pyridine rings is 1. The lowest BCUT2D eigenvalue weighted by molar-refractivity contribution is 0.191. The van der Waals surface area contributed by atoms with Gasteiger partial charge in [-0.25, -0.2) is 9.78 Å². The van der Waals surface area contributed by atoms with Crippen LogP contribution in [0.15, 0.2) is 42.6 Å². The average molecular weight is 395 g/mol. The van der Waals surface area contributed by atoms with Crippen molar-refractivity contribution in [3.63, 3.8) is 0 Å². The smallest absolute Gasteiger partial charge is 0.318 e. The Morgan fingerprint density at radius 2 is 1.93 bits per heavy atom. The van der Waals surface area contributed by atoms with E-state index in [4.69, 9.17) is 4.74 Å². The van der Waals surface area contributed by atoms with Gasteiger partial charge in [-0.3, -0.25) is 0 Å². The van der Waals surface area contributed by atoms with Crippen LogP contribution in [-0.4, -0.2) is 42.2 Å². The second-order valence-electron chi connectivity index (χ2n) is 7.90. The third-order valence-corrected chi connectivity index (χ3v) is 5.71. The van der Waals surface area contributed by atoms with Crippen molar-refractivity contribution in [1.82, 2.24) is 15.2 Å². The van der Waals surface area contributed by atoms with Crippen LogP contribution in [0.5, 0.6) is 5.75 Å². The number of amides is 2. The van der Waals surface area contributed by atoms with E-state index in [0.29, 0.717) is 19.1 Å². The second-order valence-corrected chi connectivity index (χ2v) is 7.90. The molecule has 2 heterocycles. The summed E-state index contributed by atoms with van der Waals surface area (Å²) >= 11 is 0. The van der Waals surface area contributed by atoms with Crippen molar-refractivity contribution in [3.8, 4) is 5.75 Å². The Kier molecular flexibility index (Phi) is 6.17. The average Bonchev–Trinajstić information content (AvgIpc) is 3.62. The van der Waals surface area contributed by atoms with E-state index in [1.807, 2.05) is 41.4 Å². The van der Waals surface area contributed by atoms with Crippen LogP contribution in [0.25, 0.3) is 0 Å². The van der Waals surface area contributed by atoms with E-state index < -0.39 is 0 Å². The van der Waals surface area contributed by atoms with Gasteiger partial charge in [0.15, 0.2) is 0 Å². The lowest BCUT2D eigenvalue weighted by Gasteiger charge is -2.29. The number of benzene rings is 1. The fraction of sp³-hybridized carbons (Fsp3) is 0.478. The number of rotatable bonds is 7. The fourth-order valence-electron chi connectivity index (χ4n) is 3.91. The highest BCUT2D eigenvalue weighted by atomic mass is 16.5. The molecule has 1 aliphatic heterocycles. The third kappa shape index (κ3) is 5.00. The minimum Gasteiger partial charge on any atom is -0.497 e. The molecule has 154 valence electrons. The molecule has 1 aromatic carbocycles. The normalized spacial score (nSPS) is 16.4. The molecule has 1 saturated heterocycles. The van der Waals surface area contributed by atoms with E-state index in [1.165, 1.54) is 19.3 Å². The molecule has 1 aromatic heterocycles. The summed E-state index contributed by atoms with van der Waals surface area (Å²) in [5.74, 6) is 1.85. The predicted molar refractivity (Wildman–Crippen MR) is 114 cm³/mol. The summed E-state index contributed by atoms with van der Waals surface area (Å²) in [6.07, 6.45) is 7.71. The quantitative estimate of drug-likeness (QED) is 0.772. The maximum atomic E-state index is 13.0. The van der Waals surface area contributed by atoms with Crippen molar-refractivity contribution in [2.45, 2.75) is 51.2 Å². The third-order valence-electron chi connectivity index (χ3n) is 5.71. The van der Waals surface area contributed by atoms with Crippen LogP contribution in [0.3, 0.4) is 0 Å². The van der Waals surface area contributed by atoms with Gasteiger partial charge in [0.05, 0.1) is 7.11 Å². The predicted octanol–water partition coefficient (Wildman–Crippen LogP) is 3.95. The molecule has 4 rings (SSSR count). The van der Waals surface area contributed by atoms with Crippen LogP contribution in [-0.2, 0) is 13.1 Å². The molecule has 1 N–H and O–H groups in total. The molecule has 0 radical (unpaired) electrons. The highest BCUT2D eigenvalue weighted by Gasteiger charge is 2.32. The Labute approximate surface area is 172 Å². The number of ether oxygens (including phenoxy) is 1. The van der Waals surface area contributed by atoms with Crippen LogP contribution < -0.4 is 15.0 Å². The van der Waals surface area contributed by atoms with Gasteiger partial charge in [-0.15, -0.1) is 0 Å². The molecule has 1 aliphatic carbocycles. The monoisotopic (exact) mass is 394 g/mol. The zero-order valence-corrected chi connectivity index (χ0v) is 17.1. The molecule has 2 fully saturated rings. The lowest BCUT2D eigenvalue weighted by atomic mass is 10.1. The molecule has 6 nitrogen and oxygen atoms in total. The minimum atomic E-state index is -0.00300. The van der Waals surface area contributed by atoms with Crippen LogP contribution >= 0.6 is 0 Å². The molecule has 0 spiro atoms. The minimum absolute atomic E-state index is 0.00300. The second kappa shape index (κ2) is 9.16. The molecule has 0 bridgehead atoms.